The lowest BCUT2D eigenvalue weighted by atomic mass is 10.0. The third-order valence-electron chi connectivity index (χ3n) is 4.02. The molecule has 2 atom stereocenters. The molecule has 0 aromatic heterocycles. The van der Waals surface area contributed by atoms with Crippen molar-refractivity contribution in [3.8, 4) is 0 Å². The van der Waals surface area contributed by atoms with Gasteiger partial charge in [0.1, 0.15) is 0 Å². The number of nitrogens with one attached hydrogen (secondary N) is 1. The Hall–Kier alpha value is -0.580. The second-order valence-corrected chi connectivity index (χ2v) is 6.50. The first kappa shape index (κ1) is 14.8. The predicted octanol–water partition coefficient (Wildman–Crippen LogP) is 2.49. The molecule has 1 N–H and O–H groups in total. The Morgan fingerprint density at radius 2 is 2.11 bits per heavy atom. The molecular weight excluding hydrogens is 302 g/mol. The number of nitrogens with zero attached hydrogens (tertiary/aromatic N) is 2. The van der Waals surface area contributed by atoms with E-state index in [2.05, 4.69) is 70.1 Å². The van der Waals surface area contributed by atoms with Crippen LogP contribution in [-0.2, 0) is 0 Å². The van der Waals surface area contributed by atoms with Crippen LogP contribution in [-0.4, -0.2) is 50.7 Å². The van der Waals surface area contributed by atoms with Gasteiger partial charge in [-0.15, -0.1) is 0 Å². The average Bonchev–Trinajstić information content (AvgIpc) is 2.34. The minimum absolute atomic E-state index is 0.554. The van der Waals surface area contributed by atoms with Crippen LogP contribution in [0.25, 0.3) is 0 Å². The zero-order valence-electron chi connectivity index (χ0n) is 12.3. The van der Waals surface area contributed by atoms with Gasteiger partial charge in [-0.2, -0.15) is 0 Å². The Bertz CT molecular complexity index is 435. The molecule has 2 rings (SSSR count). The van der Waals surface area contributed by atoms with Crippen molar-refractivity contribution in [2.45, 2.75) is 25.9 Å². The molecule has 0 radical (unpaired) electrons. The summed E-state index contributed by atoms with van der Waals surface area (Å²) >= 11 is 3.54. The highest BCUT2D eigenvalue weighted by atomic mass is 79.9. The summed E-state index contributed by atoms with van der Waals surface area (Å²) < 4.78 is 1.15. The highest BCUT2D eigenvalue weighted by Crippen LogP contribution is 2.28. The standard InChI is InChI=1S/C15H24BrN3/c1-11-7-13(16)5-6-15(11)19-10-14(8-17-3)18(4)9-12(19)2/h5-7,12,14,17H,8-10H2,1-4H3. The lowest BCUT2D eigenvalue weighted by Gasteiger charge is -2.45. The van der Waals surface area contributed by atoms with Crippen LogP contribution < -0.4 is 10.2 Å². The summed E-state index contributed by atoms with van der Waals surface area (Å²) in [5, 5.41) is 3.30. The molecule has 3 nitrogen and oxygen atoms in total. The minimum Gasteiger partial charge on any atom is -0.366 e. The van der Waals surface area contributed by atoms with E-state index in [1.54, 1.807) is 0 Å². The fourth-order valence-corrected chi connectivity index (χ4v) is 3.42. The van der Waals surface area contributed by atoms with Crippen LogP contribution in [0.1, 0.15) is 12.5 Å². The molecule has 1 saturated heterocycles. The summed E-state index contributed by atoms with van der Waals surface area (Å²) in [5.74, 6) is 0. The van der Waals surface area contributed by atoms with Gasteiger partial charge in [-0.05, 0) is 51.7 Å². The van der Waals surface area contributed by atoms with E-state index in [-0.39, 0.29) is 0 Å². The summed E-state index contributed by atoms with van der Waals surface area (Å²) in [6, 6.07) is 7.70. The van der Waals surface area contributed by atoms with Crippen molar-refractivity contribution in [1.29, 1.82) is 0 Å². The van der Waals surface area contributed by atoms with Gasteiger partial charge in [-0.1, -0.05) is 15.9 Å². The number of hydrogen-bond donors (Lipinski definition) is 1. The lowest BCUT2D eigenvalue weighted by molar-refractivity contribution is 0.190. The SMILES string of the molecule is CNCC1CN(c2ccc(Br)cc2C)C(C)CN1C. The first-order valence-corrected chi connectivity index (χ1v) is 7.70. The minimum atomic E-state index is 0.554. The Morgan fingerprint density at radius 1 is 1.37 bits per heavy atom. The zero-order chi connectivity index (χ0) is 14.0. The summed E-state index contributed by atoms with van der Waals surface area (Å²) in [4.78, 5) is 5.01. The normalized spacial score (nSPS) is 24.8. The first-order valence-electron chi connectivity index (χ1n) is 6.90. The quantitative estimate of drug-likeness (QED) is 0.921. The molecule has 0 spiro atoms. The van der Waals surface area contributed by atoms with Crippen molar-refractivity contribution in [3.63, 3.8) is 0 Å². The number of likely N-dealkylation sites (N-methyl/N-ethyl adjacent to an activating group) is 2. The van der Waals surface area contributed by atoms with Crippen LogP contribution >= 0.6 is 15.9 Å². The summed E-state index contributed by atoms with van der Waals surface area (Å²) in [5.41, 5.74) is 2.71. The van der Waals surface area contributed by atoms with Crippen LogP contribution in [0.4, 0.5) is 5.69 Å². The van der Waals surface area contributed by atoms with Crippen LogP contribution in [0.15, 0.2) is 22.7 Å². The molecule has 0 bridgehead atoms. The van der Waals surface area contributed by atoms with Crippen LogP contribution in [0.2, 0.25) is 0 Å². The maximum atomic E-state index is 3.54. The molecular formula is C15H24BrN3. The van der Waals surface area contributed by atoms with Gasteiger partial charge in [-0.3, -0.25) is 4.90 Å². The van der Waals surface area contributed by atoms with Gasteiger partial charge in [0.25, 0.3) is 0 Å². The lowest BCUT2D eigenvalue weighted by Crippen LogP contribution is -2.58. The molecule has 2 unspecified atom stereocenters. The molecule has 1 aromatic carbocycles. The van der Waals surface area contributed by atoms with E-state index >= 15 is 0 Å². The van der Waals surface area contributed by atoms with Crippen molar-refractivity contribution in [2.75, 3.05) is 38.6 Å². The van der Waals surface area contributed by atoms with E-state index in [0.717, 1.165) is 24.1 Å². The van der Waals surface area contributed by atoms with Crippen molar-refractivity contribution >= 4 is 21.6 Å². The Labute approximate surface area is 125 Å². The molecule has 0 saturated carbocycles. The molecule has 1 aromatic rings. The molecule has 1 fully saturated rings. The largest absolute Gasteiger partial charge is 0.366 e. The number of hydrogen-bond acceptors (Lipinski definition) is 3. The van der Waals surface area contributed by atoms with Crippen molar-refractivity contribution in [1.82, 2.24) is 10.2 Å². The third kappa shape index (κ3) is 3.30. The van der Waals surface area contributed by atoms with E-state index in [1.165, 1.54) is 11.3 Å². The van der Waals surface area contributed by atoms with E-state index in [9.17, 15) is 0 Å². The average molecular weight is 326 g/mol. The second-order valence-electron chi connectivity index (χ2n) is 5.58. The molecule has 106 valence electrons. The van der Waals surface area contributed by atoms with Crippen LogP contribution in [0, 0.1) is 6.92 Å². The van der Waals surface area contributed by atoms with Gasteiger partial charge in [0, 0.05) is 41.9 Å². The van der Waals surface area contributed by atoms with Gasteiger partial charge >= 0.3 is 0 Å². The molecule has 1 aliphatic heterocycles. The Morgan fingerprint density at radius 3 is 2.74 bits per heavy atom. The van der Waals surface area contributed by atoms with E-state index in [1.807, 2.05) is 7.05 Å². The van der Waals surface area contributed by atoms with Crippen LogP contribution in [0.5, 0.6) is 0 Å². The maximum absolute atomic E-state index is 3.54. The number of rotatable bonds is 3. The highest BCUT2D eigenvalue weighted by Gasteiger charge is 2.29. The van der Waals surface area contributed by atoms with Gasteiger partial charge in [0.2, 0.25) is 0 Å². The number of piperazine rings is 1. The van der Waals surface area contributed by atoms with E-state index in [0.29, 0.717) is 12.1 Å². The zero-order valence-corrected chi connectivity index (χ0v) is 13.9. The molecule has 1 aliphatic rings. The fourth-order valence-electron chi connectivity index (χ4n) is 2.94. The second kappa shape index (κ2) is 6.25. The Balaban J connectivity index is 2.22. The number of benzene rings is 1. The summed E-state index contributed by atoms with van der Waals surface area (Å²) in [6.45, 7) is 7.74. The molecule has 4 heteroatoms. The van der Waals surface area contributed by atoms with E-state index < -0.39 is 0 Å². The summed E-state index contributed by atoms with van der Waals surface area (Å²) in [7, 11) is 4.26. The monoisotopic (exact) mass is 325 g/mol. The predicted molar refractivity (Wildman–Crippen MR) is 86.0 cm³/mol. The van der Waals surface area contributed by atoms with Gasteiger partial charge in [0.05, 0.1) is 0 Å². The number of halogens is 1. The molecule has 19 heavy (non-hydrogen) atoms. The number of aryl methyl sites for hydroxylation is 1. The fraction of sp³-hybridized carbons (Fsp3) is 0.600. The Kier molecular flexibility index (Phi) is 4.87. The third-order valence-corrected chi connectivity index (χ3v) is 4.52. The first-order chi connectivity index (χ1) is 9.02. The smallest absolute Gasteiger partial charge is 0.0400 e. The van der Waals surface area contributed by atoms with Gasteiger partial charge < -0.3 is 10.2 Å². The van der Waals surface area contributed by atoms with Crippen LogP contribution in [0.3, 0.4) is 0 Å². The van der Waals surface area contributed by atoms with Gasteiger partial charge in [0.15, 0.2) is 0 Å². The maximum Gasteiger partial charge on any atom is 0.0400 e. The molecule has 1 heterocycles. The van der Waals surface area contributed by atoms with Crippen molar-refractivity contribution in [3.05, 3.63) is 28.2 Å². The molecule has 0 amide bonds. The molecule has 0 aliphatic carbocycles. The van der Waals surface area contributed by atoms with Gasteiger partial charge in [-0.25, -0.2) is 0 Å². The van der Waals surface area contributed by atoms with Crippen molar-refractivity contribution in [2.24, 2.45) is 0 Å². The topological polar surface area (TPSA) is 18.5 Å². The highest BCUT2D eigenvalue weighted by molar-refractivity contribution is 9.10. The number of anilines is 1. The van der Waals surface area contributed by atoms with Crippen molar-refractivity contribution < 1.29 is 0 Å². The summed E-state index contributed by atoms with van der Waals surface area (Å²) in [6.07, 6.45) is 0. The van der Waals surface area contributed by atoms with E-state index in [4.69, 9.17) is 0 Å².